The van der Waals surface area contributed by atoms with E-state index >= 15 is 0 Å². The van der Waals surface area contributed by atoms with Crippen molar-refractivity contribution in [3.8, 4) is 0 Å². The molecule has 0 aliphatic rings. The van der Waals surface area contributed by atoms with Crippen molar-refractivity contribution in [2.45, 2.75) is 290 Å². The van der Waals surface area contributed by atoms with E-state index in [1.165, 1.54) is 212 Å². The maximum atomic E-state index is 10.2. The molecule has 0 heterocycles. The molecule has 0 fully saturated rings. The zero-order valence-corrected chi connectivity index (χ0v) is 43.3. The van der Waals surface area contributed by atoms with Gasteiger partial charge in [0.1, 0.15) is 0 Å². The number of carbonyl (C=O) groups excluding carboxylic acids is 3. The Balaban J connectivity index is -0.000000234. The van der Waals surface area contributed by atoms with Crippen molar-refractivity contribution < 1.29 is 43.8 Å². The summed E-state index contributed by atoms with van der Waals surface area (Å²) in [6.45, 7) is 6.77. The second-order valence-corrected chi connectivity index (χ2v) is 16.9. The number of carbonyl (C=O) groups is 3. The van der Waals surface area contributed by atoms with Gasteiger partial charge in [-0.25, -0.2) is 0 Å². The summed E-state index contributed by atoms with van der Waals surface area (Å²) in [7, 11) is -3.13. The van der Waals surface area contributed by atoms with Crippen LogP contribution in [0.25, 0.3) is 0 Å². The first kappa shape index (κ1) is 67.0. The first-order valence-electron chi connectivity index (χ1n) is 24.6. The molecule has 0 aliphatic carbocycles. The Bertz CT molecular complexity index is 733. The number of carboxylic acids is 3. The quantitative estimate of drug-likeness (QED) is 0.0445. The van der Waals surface area contributed by atoms with E-state index in [9.17, 15) is 29.7 Å². The average Bonchev–Trinajstić information content (AvgIpc) is 3.17. The van der Waals surface area contributed by atoms with Crippen LogP contribution in [0.3, 0.4) is 0 Å². The largest absolute Gasteiger partial charge is 3.00 e. The zero-order valence-electron chi connectivity index (χ0n) is 39.0. The fraction of sp³-hybridized carbons (Fsp3) is 0.938. The zero-order chi connectivity index (χ0) is 44.0. The van der Waals surface area contributed by atoms with E-state index in [4.69, 9.17) is 14.1 Å². The van der Waals surface area contributed by atoms with Crippen molar-refractivity contribution in [3.05, 3.63) is 0 Å². The second-order valence-electron chi connectivity index (χ2n) is 16.4. The standard InChI is InChI=1S/3C16H32O2.In.H2O3Si/c3*1-2-3-4-5-6-7-8-9-10-11-12-13-14-15-16(17)18;;1-4(2)3/h3*2-15H2,1H3,(H,17,18);;1-2H/q;;;+3;/p-3. The van der Waals surface area contributed by atoms with Crippen LogP contribution in [0.5, 0.6) is 0 Å². The van der Waals surface area contributed by atoms with Gasteiger partial charge in [-0.3, -0.25) is 4.46 Å². The minimum Gasteiger partial charge on any atom is -0.550 e. The molecule has 0 radical (unpaired) electrons. The monoisotopic (exact) mass is 959 g/mol. The Morgan fingerprint density at radius 3 is 0.508 bits per heavy atom. The third kappa shape index (κ3) is 89.0. The first-order chi connectivity index (χ1) is 28.0. The van der Waals surface area contributed by atoms with E-state index in [1.807, 2.05) is 0 Å². The van der Waals surface area contributed by atoms with Crippen molar-refractivity contribution >= 4 is 52.9 Å². The summed E-state index contributed by atoms with van der Waals surface area (Å²) >= 11 is 0. The van der Waals surface area contributed by atoms with E-state index in [2.05, 4.69) is 20.8 Å². The molecule has 0 amide bonds. The third-order valence-electron chi connectivity index (χ3n) is 10.5. The Morgan fingerprint density at radius 1 is 0.305 bits per heavy atom. The van der Waals surface area contributed by atoms with Crippen molar-refractivity contribution in [3.63, 3.8) is 0 Å². The van der Waals surface area contributed by atoms with Gasteiger partial charge in [0.25, 0.3) is 0 Å². The van der Waals surface area contributed by atoms with Crippen LogP contribution in [0, 0.1) is 0 Å². The van der Waals surface area contributed by atoms with Crippen molar-refractivity contribution in [1.82, 2.24) is 0 Å². The van der Waals surface area contributed by atoms with Crippen LogP contribution in [-0.4, -0.2) is 62.5 Å². The summed E-state index contributed by atoms with van der Waals surface area (Å²) in [6, 6.07) is 0. The predicted octanol–water partition coefficient (Wildman–Crippen LogP) is 10.7. The van der Waals surface area contributed by atoms with Crippen LogP contribution in [0.2, 0.25) is 0 Å². The number of hydrogen-bond donors (Lipinski definition) is 2. The molecule has 0 aromatic carbocycles. The molecule has 0 rings (SSSR count). The van der Waals surface area contributed by atoms with Crippen LogP contribution in [0.1, 0.15) is 290 Å². The van der Waals surface area contributed by atoms with Gasteiger partial charge in [-0.15, -0.1) is 0 Å². The van der Waals surface area contributed by atoms with Gasteiger partial charge in [0.05, 0.1) is 0 Å². The molecule has 9 nitrogen and oxygen atoms in total. The molecule has 0 atom stereocenters. The van der Waals surface area contributed by atoms with E-state index in [1.54, 1.807) is 0 Å². The normalized spacial score (nSPS) is 10.2. The van der Waals surface area contributed by atoms with Gasteiger partial charge in [-0.05, 0) is 38.5 Å². The van der Waals surface area contributed by atoms with Gasteiger partial charge in [0, 0.05) is 17.9 Å². The average molecular weight is 959 g/mol. The van der Waals surface area contributed by atoms with Crippen molar-refractivity contribution in [2.75, 3.05) is 0 Å². The van der Waals surface area contributed by atoms with E-state index < -0.39 is 27.1 Å². The number of aliphatic carboxylic acids is 3. The maximum Gasteiger partial charge on any atom is 3.00 e. The van der Waals surface area contributed by atoms with E-state index in [-0.39, 0.29) is 45.1 Å². The Labute approximate surface area is 385 Å². The second kappa shape index (κ2) is 63.5. The summed E-state index contributed by atoms with van der Waals surface area (Å²) in [5, 5.41) is 30.6. The third-order valence-corrected chi connectivity index (χ3v) is 10.5. The minimum absolute atomic E-state index is 0. The number of unbranched alkanes of at least 4 members (excludes halogenated alkanes) is 36. The Hall–Kier alpha value is -1.10. The Morgan fingerprint density at radius 2 is 0.407 bits per heavy atom. The fourth-order valence-electron chi connectivity index (χ4n) is 6.86. The van der Waals surface area contributed by atoms with Crippen LogP contribution in [0.4, 0.5) is 0 Å². The van der Waals surface area contributed by atoms with Gasteiger partial charge in [0.15, 0.2) is 0 Å². The summed E-state index contributed by atoms with van der Waals surface area (Å²) in [4.78, 5) is 44.9. The smallest absolute Gasteiger partial charge is 0.550 e. The van der Waals surface area contributed by atoms with Crippen LogP contribution in [0.15, 0.2) is 0 Å². The minimum atomic E-state index is -3.13. The van der Waals surface area contributed by atoms with Crippen molar-refractivity contribution in [1.29, 1.82) is 0 Å². The molecule has 0 aliphatic heterocycles. The van der Waals surface area contributed by atoms with Gasteiger partial charge in [0.2, 0.25) is 0 Å². The maximum absolute atomic E-state index is 10.2. The molecule has 348 valence electrons. The predicted molar refractivity (Wildman–Crippen MR) is 243 cm³/mol. The van der Waals surface area contributed by atoms with Crippen molar-refractivity contribution in [2.24, 2.45) is 0 Å². The molecule has 11 heteroatoms. The molecule has 59 heavy (non-hydrogen) atoms. The molecule has 0 spiro atoms. The van der Waals surface area contributed by atoms with Crippen LogP contribution >= 0.6 is 0 Å². The summed E-state index contributed by atoms with van der Waals surface area (Å²) in [6.07, 6.45) is 50.8. The van der Waals surface area contributed by atoms with Gasteiger partial charge < -0.3 is 39.3 Å². The van der Waals surface area contributed by atoms with E-state index in [0.29, 0.717) is 0 Å². The Kier molecular flexibility index (Phi) is 72.1. The SMILES string of the molecule is CCCCCCCCCCCCCCCC(=O)[O-].CCCCCCCCCCCCCCCC(=O)[O-].CCCCCCCCCCCCCCCC(=O)[O-].O=[Si](O)O.[In+3]. The number of hydrogen-bond acceptors (Lipinski definition) is 7. The first-order valence-corrected chi connectivity index (χ1v) is 25.9. The topological polar surface area (TPSA) is 178 Å². The molecule has 0 saturated carbocycles. The summed E-state index contributed by atoms with van der Waals surface area (Å²) in [5.74, 6) is -2.71. The summed E-state index contributed by atoms with van der Waals surface area (Å²) < 4.78 is 8.74. The van der Waals surface area contributed by atoms with E-state index in [0.717, 1.165) is 38.5 Å². The van der Waals surface area contributed by atoms with Gasteiger partial charge in [-0.2, -0.15) is 0 Å². The molecule has 0 aromatic rings. The van der Waals surface area contributed by atoms with Gasteiger partial charge in [-0.1, -0.05) is 252 Å². The molecular weight excluding hydrogens is 863 g/mol. The van der Waals surface area contributed by atoms with Gasteiger partial charge >= 0.3 is 35.0 Å². The summed E-state index contributed by atoms with van der Waals surface area (Å²) in [5.41, 5.74) is 0. The number of carboxylic acid groups (broad SMARTS) is 3. The molecule has 0 saturated heterocycles. The molecule has 2 N–H and O–H groups in total. The molecule has 0 unspecified atom stereocenters. The number of rotatable bonds is 42. The van der Waals surface area contributed by atoms with Crippen LogP contribution in [-0.2, 0) is 18.8 Å². The molecule has 0 aromatic heterocycles. The van der Waals surface area contributed by atoms with Crippen LogP contribution < -0.4 is 15.3 Å². The fourth-order valence-corrected chi connectivity index (χ4v) is 6.86. The molecule has 0 bridgehead atoms. The molecular formula is C48H95InO9Si.